The molecule has 0 spiro atoms. The molecule has 1 saturated heterocycles. The molecule has 2 heterocycles. The van der Waals surface area contributed by atoms with Crippen LogP contribution in [0.15, 0.2) is 12.4 Å². The summed E-state index contributed by atoms with van der Waals surface area (Å²) >= 11 is 0. The molecule has 0 amide bonds. The van der Waals surface area contributed by atoms with Crippen molar-refractivity contribution in [2.45, 2.75) is 31.7 Å². The van der Waals surface area contributed by atoms with Crippen molar-refractivity contribution in [3.8, 4) is 0 Å². The van der Waals surface area contributed by atoms with E-state index in [1.807, 2.05) is 0 Å². The highest BCUT2D eigenvalue weighted by atomic mass is 19.4. The van der Waals surface area contributed by atoms with E-state index >= 15 is 0 Å². The van der Waals surface area contributed by atoms with Gasteiger partial charge in [-0.2, -0.15) is 18.3 Å². The maximum atomic E-state index is 12.1. The molecular formula is C10H11F3N2O2. The zero-order valence-electron chi connectivity index (χ0n) is 8.91. The molecular weight excluding hydrogens is 237 g/mol. The van der Waals surface area contributed by atoms with Gasteiger partial charge in [0.1, 0.15) is 0 Å². The Morgan fingerprint density at radius 3 is 2.94 bits per heavy atom. The number of hydrogen-bond acceptors (Lipinski definition) is 3. The molecule has 1 aliphatic rings. The summed E-state index contributed by atoms with van der Waals surface area (Å²) < 4.78 is 43.1. The van der Waals surface area contributed by atoms with Crippen molar-refractivity contribution in [3.05, 3.63) is 18.0 Å². The van der Waals surface area contributed by atoms with Crippen LogP contribution < -0.4 is 0 Å². The normalized spacial score (nSPS) is 20.8. The summed E-state index contributed by atoms with van der Waals surface area (Å²) in [7, 11) is 0. The van der Waals surface area contributed by atoms with Gasteiger partial charge in [0.15, 0.2) is 0 Å². The summed E-state index contributed by atoms with van der Waals surface area (Å²) in [5.41, 5.74) is -0.435. The van der Waals surface area contributed by atoms with Crippen molar-refractivity contribution in [2.24, 2.45) is 0 Å². The van der Waals surface area contributed by atoms with Crippen molar-refractivity contribution in [2.75, 3.05) is 6.61 Å². The molecule has 0 saturated carbocycles. The fraction of sp³-hybridized carbons (Fsp3) is 0.600. The molecule has 1 fully saturated rings. The first kappa shape index (κ1) is 12.1. The van der Waals surface area contributed by atoms with Gasteiger partial charge < -0.3 is 4.74 Å². The zero-order chi connectivity index (χ0) is 12.5. The second-order valence-electron chi connectivity index (χ2n) is 3.91. The van der Waals surface area contributed by atoms with Crippen molar-refractivity contribution in [1.82, 2.24) is 9.78 Å². The molecule has 0 N–H and O–H groups in total. The Morgan fingerprint density at radius 1 is 1.59 bits per heavy atom. The highest BCUT2D eigenvalue weighted by Crippen LogP contribution is 2.21. The Kier molecular flexibility index (Phi) is 3.19. The van der Waals surface area contributed by atoms with E-state index in [1.54, 1.807) is 0 Å². The lowest BCUT2D eigenvalue weighted by Crippen LogP contribution is -2.22. The highest BCUT2D eigenvalue weighted by molar-refractivity contribution is 5.99. The molecule has 1 atom stereocenters. The van der Waals surface area contributed by atoms with Crippen LogP contribution in [-0.2, 0) is 11.3 Å². The summed E-state index contributed by atoms with van der Waals surface area (Å²) in [6.07, 6.45) is -1.02. The minimum atomic E-state index is -4.85. The third-order valence-corrected chi connectivity index (χ3v) is 2.57. The van der Waals surface area contributed by atoms with E-state index in [9.17, 15) is 18.0 Å². The lowest BCUT2D eigenvalue weighted by Gasteiger charge is -2.08. The van der Waals surface area contributed by atoms with Crippen LogP contribution in [0.2, 0.25) is 0 Å². The second-order valence-corrected chi connectivity index (χ2v) is 3.91. The predicted molar refractivity (Wildman–Crippen MR) is 51.6 cm³/mol. The minimum absolute atomic E-state index is 0.0243. The van der Waals surface area contributed by atoms with Crippen LogP contribution in [0.3, 0.4) is 0 Å². The first-order chi connectivity index (χ1) is 7.97. The van der Waals surface area contributed by atoms with Gasteiger partial charge >= 0.3 is 6.18 Å². The highest BCUT2D eigenvalue weighted by Gasteiger charge is 2.40. The SMILES string of the molecule is O=C(c1cnn(C[C@H]2CCCO2)c1)C(F)(F)F. The van der Waals surface area contributed by atoms with Gasteiger partial charge in [-0.15, -0.1) is 0 Å². The number of hydrogen-bond donors (Lipinski definition) is 0. The lowest BCUT2D eigenvalue weighted by atomic mass is 10.2. The molecule has 0 unspecified atom stereocenters. The number of rotatable bonds is 3. The third kappa shape index (κ3) is 2.85. The molecule has 0 radical (unpaired) electrons. The third-order valence-electron chi connectivity index (χ3n) is 2.57. The minimum Gasteiger partial charge on any atom is -0.376 e. The van der Waals surface area contributed by atoms with Crippen molar-refractivity contribution >= 4 is 5.78 Å². The van der Waals surface area contributed by atoms with Gasteiger partial charge in [-0.3, -0.25) is 9.48 Å². The lowest BCUT2D eigenvalue weighted by molar-refractivity contribution is -0.0885. The molecule has 1 aliphatic heterocycles. The first-order valence-electron chi connectivity index (χ1n) is 5.22. The van der Waals surface area contributed by atoms with Crippen LogP contribution in [0.5, 0.6) is 0 Å². The molecule has 1 aromatic rings. The van der Waals surface area contributed by atoms with E-state index in [4.69, 9.17) is 4.74 Å². The zero-order valence-corrected chi connectivity index (χ0v) is 8.91. The molecule has 17 heavy (non-hydrogen) atoms. The topological polar surface area (TPSA) is 44.1 Å². The predicted octanol–water partition coefficient (Wildman–Crippen LogP) is 1.81. The monoisotopic (exact) mass is 248 g/mol. The van der Waals surface area contributed by atoms with Crippen molar-refractivity contribution < 1.29 is 22.7 Å². The second kappa shape index (κ2) is 4.48. The van der Waals surface area contributed by atoms with Crippen LogP contribution in [0, 0.1) is 0 Å². The molecule has 0 aliphatic carbocycles. The molecule has 4 nitrogen and oxygen atoms in total. The fourth-order valence-corrected chi connectivity index (χ4v) is 1.74. The van der Waals surface area contributed by atoms with Gasteiger partial charge in [-0.25, -0.2) is 0 Å². The van der Waals surface area contributed by atoms with E-state index in [2.05, 4.69) is 5.10 Å². The number of nitrogens with zero attached hydrogens (tertiary/aromatic N) is 2. The molecule has 0 bridgehead atoms. The van der Waals surface area contributed by atoms with E-state index in [0.717, 1.165) is 25.2 Å². The van der Waals surface area contributed by atoms with E-state index in [0.29, 0.717) is 13.2 Å². The summed E-state index contributed by atoms with van der Waals surface area (Å²) in [6.45, 7) is 1.05. The van der Waals surface area contributed by atoms with Crippen LogP contribution in [0.4, 0.5) is 13.2 Å². The van der Waals surface area contributed by atoms with E-state index in [-0.39, 0.29) is 6.10 Å². The Labute approximate surface area is 95.4 Å². The number of ketones is 1. The first-order valence-corrected chi connectivity index (χ1v) is 5.22. The summed E-state index contributed by atoms with van der Waals surface area (Å²) in [5.74, 6) is -1.86. The van der Waals surface area contributed by atoms with Crippen LogP contribution >= 0.6 is 0 Å². The Bertz CT molecular complexity index is 408. The van der Waals surface area contributed by atoms with Crippen LogP contribution in [0.25, 0.3) is 0 Å². The summed E-state index contributed by atoms with van der Waals surface area (Å²) in [5, 5.41) is 3.73. The smallest absolute Gasteiger partial charge is 0.376 e. The average molecular weight is 248 g/mol. The molecule has 2 rings (SSSR count). The quantitative estimate of drug-likeness (QED) is 0.766. The van der Waals surface area contributed by atoms with Gasteiger partial charge in [0.2, 0.25) is 0 Å². The molecule has 0 aromatic carbocycles. The van der Waals surface area contributed by atoms with Gasteiger partial charge in [0.05, 0.1) is 24.4 Å². The maximum Gasteiger partial charge on any atom is 0.454 e. The molecule has 1 aromatic heterocycles. The van der Waals surface area contributed by atoms with Gasteiger partial charge in [-0.1, -0.05) is 0 Å². The average Bonchev–Trinajstić information content (AvgIpc) is 2.87. The fourth-order valence-electron chi connectivity index (χ4n) is 1.74. The number of Topliss-reactive ketones (excluding diaryl/α,β-unsaturated/α-hetero) is 1. The summed E-state index contributed by atoms with van der Waals surface area (Å²) in [6, 6.07) is 0. The maximum absolute atomic E-state index is 12.1. The van der Waals surface area contributed by atoms with Gasteiger partial charge in [0.25, 0.3) is 5.78 Å². The Morgan fingerprint density at radius 2 is 2.35 bits per heavy atom. The van der Waals surface area contributed by atoms with Gasteiger partial charge in [-0.05, 0) is 12.8 Å². The van der Waals surface area contributed by atoms with Crippen molar-refractivity contribution in [1.29, 1.82) is 0 Å². The molecule has 94 valence electrons. The largest absolute Gasteiger partial charge is 0.454 e. The van der Waals surface area contributed by atoms with E-state index in [1.165, 1.54) is 4.68 Å². The Hall–Kier alpha value is -1.37. The van der Waals surface area contributed by atoms with Crippen LogP contribution in [0.1, 0.15) is 23.2 Å². The number of carbonyl (C=O) groups is 1. The van der Waals surface area contributed by atoms with Crippen LogP contribution in [-0.4, -0.2) is 34.5 Å². The summed E-state index contributed by atoms with van der Waals surface area (Å²) in [4.78, 5) is 10.9. The standard InChI is InChI=1S/C10H11F3N2O2/c11-10(12,13)9(16)7-4-14-15(5-7)6-8-2-1-3-17-8/h4-5,8H,1-3,6H2/t8-/m1/s1. The number of ether oxygens (including phenoxy) is 1. The molecule has 7 heteroatoms. The number of carbonyl (C=O) groups excluding carboxylic acids is 1. The van der Waals surface area contributed by atoms with E-state index < -0.39 is 17.5 Å². The number of alkyl halides is 3. The Balaban J connectivity index is 2.02. The van der Waals surface area contributed by atoms with Gasteiger partial charge in [0, 0.05) is 12.8 Å². The van der Waals surface area contributed by atoms with Crippen molar-refractivity contribution in [3.63, 3.8) is 0 Å². The number of halogens is 3. The number of aromatic nitrogens is 2.